The molecular formula is C117H72N12S3. The van der Waals surface area contributed by atoms with Gasteiger partial charge in [-0.1, -0.05) is 364 Å². The van der Waals surface area contributed by atoms with Crippen LogP contribution in [0.3, 0.4) is 0 Å². The smallest absolute Gasteiger partial charge is 0.238 e. The van der Waals surface area contributed by atoms with Crippen molar-refractivity contribution < 1.29 is 0 Å². The third kappa shape index (κ3) is 13.6. The van der Waals surface area contributed by atoms with Gasteiger partial charge in [0.25, 0.3) is 0 Å². The van der Waals surface area contributed by atoms with Crippen molar-refractivity contribution in [3.05, 3.63) is 437 Å². The van der Waals surface area contributed by atoms with Gasteiger partial charge in [0, 0.05) is 137 Å². The number of thiophene rings is 3. The summed E-state index contributed by atoms with van der Waals surface area (Å²) in [6, 6.07) is 152. The molecule has 27 aromatic rings. The van der Waals surface area contributed by atoms with Gasteiger partial charge in [-0.2, -0.15) is 19.9 Å². The molecule has 0 aliphatic heterocycles. The average molecular weight is 1740 g/mol. The molecule has 0 radical (unpaired) electrons. The summed E-state index contributed by atoms with van der Waals surface area (Å²) in [7, 11) is 0. The molecule has 0 saturated carbocycles. The van der Waals surface area contributed by atoms with Gasteiger partial charge in [-0.25, -0.2) is 24.9 Å². The second-order valence-corrected chi connectivity index (χ2v) is 35.8. The number of nitrogens with zero attached hydrogens (tertiary/aromatic N) is 12. The minimum absolute atomic E-state index is 0.602. The molecule has 0 atom stereocenters. The van der Waals surface area contributed by atoms with Crippen LogP contribution >= 0.6 is 34.0 Å². The van der Waals surface area contributed by atoms with Crippen molar-refractivity contribution in [1.82, 2.24) is 58.6 Å². The van der Waals surface area contributed by atoms with Gasteiger partial charge in [-0.3, -0.25) is 9.13 Å². The lowest BCUT2D eigenvalue weighted by Crippen LogP contribution is -2.06. The highest BCUT2D eigenvalue weighted by molar-refractivity contribution is 7.27. The van der Waals surface area contributed by atoms with Crippen molar-refractivity contribution >= 4 is 160 Å². The quantitative estimate of drug-likeness (QED) is 0.117. The van der Waals surface area contributed by atoms with Crippen molar-refractivity contribution in [1.29, 1.82) is 0 Å². The molecule has 0 amide bonds. The maximum absolute atomic E-state index is 5.17. The molecule has 18 aromatic carbocycles. The van der Waals surface area contributed by atoms with Crippen LogP contribution in [0.25, 0.3) is 245 Å². The van der Waals surface area contributed by atoms with E-state index in [0.29, 0.717) is 52.7 Å². The molecule has 15 heteroatoms. The normalized spacial score (nSPS) is 11.6. The Kier molecular flexibility index (Phi) is 19.2. The van der Waals surface area contributed by atoms with Gasteiger partial charge in [0.1, 0.15) is 0 Å². The largest absolute Gasteiger partial charge is 0.309 e. The Bertz CT molecular complexity index is 9050. The number of benzene rings is 18. The van der Waals surface area contributed by atoms with E-state index < -0.39 is 0 Å². The van der Waals surface area contributed by atoms with Crippen LogP contribution in [0.2, 0.25) is 0 Å². The topological polar surface area (TPSA) is 131 Å². The van der Waals surface area contributed by atoms with Crippen LogP contribution in [0.5, 0.6) is 0 Å². The minimum atomic E-state index is 0.602. The number of aromatic nitrogens is 12. The van der Waals surface area contributed by atoms with Gasteiger partial charge in [0.15, 0.2) is 40.8 Å². The monoisotopic (exact) mass is 1740 g/mol. The molecule has 0 saturated heterocycles. The van der Waals surface area contributed by atoms with Gasteiger partial charge in [0.2, 0.25) is 11.9 Å². The zero-order chi connectivity index (χ0) is 87.1. The van der Waals surface area contributed by atoms with E-state index in [1.807, 2.05) is 180 Å². The molecule has 0 fully saturated rings. The fourth-order valence-electron chi connectivity index (χ4n) is 18.7. The Morgan fingerprint density at radius 1 is 0.159 bits per heavy atom. The first-order valence-corrected chi connectivity index (χ1v) is 46.3. The van der Waals surface area contributed by atoms with Crippen LogP contribution in [0, 0.1) is 0 Å². The molecular weight excluding hydrogens is 1670 g/mol. The van der Waals surface area contributed by atoms with E-state index in [1.54, 1.807) is 0 Å². The van der Waals surface area contributed by atoms with E-state index in [9.17, 15) is 0 Å². The SMILES string of the molecule is c1ccc(-c2cccc(-c3nc(-c4ccccc4)nc(-n4c5ccccc5c5c6sc7ccccc7c6ccc54)n3)c2)cc1.c1ccc(-c2nc(-c3ccccc3)nc(-c3cccc(-c4ccccc4-n4c5ccccc5c5c6sc7ccccc7c6ccc54)c3)n2)cc1.c1ccc(-c2nc(-c3ccccc3)nc(-n3c4ccccc4c4c5sc6ccccc6c5ccc43)n2)cc1. The number of fused-ring (bicyclic) bond motifs is 21. The summed E-state index contributed by atoms with van der Waals surface area (Å²) in [4.78, 5) is 45.2. The zero-order valence-electron chi connectivity index (χ0n) is 70.7. The maximum Gasteiger partial charge on any atom is 0.238 e. The summed E-state index contributed by atoms with van der Waals surface area (Å²) < 4.78 is 14.6. The number of rotatable bonds is 12. The lowest BCUT2D eigenvalue weighted by atomic mass is 10.0. The molecule has 0 N–H and O–H groups in total. The van der Waals surface area contributed by atoms with Gasteiger partial charge < -0.3 is 4.57 Å². The van der Waals surface area contributed by atoms with Gasteiger partial charge >= 0.3 is 0 Å². The number of hydrogen-bond donors (Lipinski definition) is 0. The summed E-state index contributed by atoms with van der Waals surface area (Å²) in [5, 5.41) is 15.2. The lowest BCUT2D eigenvalue weighted by molar-refractivity contribution is 0.953. The standard InChI is InChI=1S/C45H28N4S.C39H24N4S.C33H20N4S/c1-3-14-29(15-4-1)43-46-44(30-16-5-2-6-17-30)48-45(47-43)32-19-13-18-31(28-32)33-20-7-10-23-37(33)49-38-24-11-8-22-36(38)41-39(49)27-26-35-34-21-9-12-25-40(34)50-42(35)41;1-3-12-25(13-4-1)27-16-11-17-28(24-27)38-40-37(26-14-5-2-6-15-26)41-39(42-38)43-32-20-9-7-19-31(32)35-33(43)23-22-30-29-18-8-10-21-34(29)44-36(30)35;1-3-11-21(12-4-1)31-34-32(22-13-5-2-6-14-22)36-33(35-31)37-26-17-9-7-16-25(26)29-27(37)20-19-24-23-15-8-10-18-28(23)38-30(24)29/h1-28H;1-24H;1-20H. The molecule has 0 bridgehead atoms. The molecule has 0 aliphatic rings. The maximum atomic E-state index is 5.17. The highest BCUT2D eigenvalue weighted by Gasteiger charge is 2.26. The van der Waals surface area contributed by atoms with Crippen molar-refractivity contribution in [3.8, 4) is 120 Å². The van der Waals surface area contributed by atoms with Gasteiger partial charge in [0.05, 0.1) is 38.8 Å². The van der Waals surface area contributed by atoms with Crippen LogP contribution in [-0.4, -0.2) is 58.6 Å². The van der Waals surface area contributed by atoms with E-state index in [-0.39, 0.29) is 0 Å². The molecule has 0 spiro atoms. The van der Waals surface area contributed by atoms with E-state index in [4.69, 9.17) is 44.9 Å². The summed E-state index contributed by atoms with van der Waals surface area (Å²) in [6.07, 6.45) is 0. The Labute approximate surface area is 769 Å². The van der Waals surface area contributed by atoms with Crippen LogP contribution in [0.15, 0.2) is 437 Å². The zero-order valence-corrected chi connectivity index (χ0v) is 73.1. The highest BCUT2D eigenvalue weighted by atomic mass is 32.1. The second-order valence-electron chi connectivity index (χ2n) is 32.6. The lowest BCUT2D eigenvalue weighted by Gasteiger charge is -2.15. The summed E-state index contributed by atoms with van der Waals surface area (Å²) in [5.41, 5.74) is 19.0. The van der Waals surface area contributed by atoms with E-state index >= 15 is 0 Å². The summed E-state index contributed by atoms with van der Waals surface area (Å²) in [6.45, 7) is 0. The third-order valence-corrected chi connectivity index (χ3v) is 28.4. The molecule has 27 rings (SSSR count). The summed E-state index contributed by atoms with van der Waals surface area (Å²) >= 11 is 5.58. The molecule has 9 aromatic heterocycles. The van der Waals surface area contributed by atoms with Crippen molar-refractivity contribution in [2.75, 3.05) is 0 Å². The first-order chi connectivity index (χ1) is 65.5. The predicted octanol–water partition coefficient (Wildman–Crippen LogP) is 31.0. The first-order valence-electron chi connectivity index (χ1n) is 43.9. The molecule has 9 heterocycles. The van der Waals surface area contributed by atoms with Gasteiger partial charge in [-0.05, 0) is 89.5 Å². The van der Waals surface area contributed by atoms with E-state index in [0.717, 1.165) is 89.0 Å². The van der Waals surface area contributed by atoms with E-state index in [1.165, 1.54) is 104 Å². The molecule has 618 valence electrons. The van der Waals surface area contributed by atoms with E-state index in [2.05, 4.69) is 305 Å². The van der Waals surface area contributed by atoms with Crippen LogP contribution < -0.4 is 0 Å². The predicted molar refractivity (Wildman–Crippen MR) is 550 cm³/mol. The minimum Gasteiger partial charge on any atom is -0.309 e. The van der Waals surface area contributed by atoms with Crippen LogP contribution in [0.1, 0.15) is 0 Å². The Hall–Kier alpha value is -17.0. The second kappa shape index (κ2) is 32.7. The Balaban J connectivity index is 0.000000107. The summed E-state index contributed by atoms with van der Waals surface area (Å²) in [5.74, 6) is 5.75. The molecule has 0 aliphatic carbocycles. The third-order valence-electron chi connectivity index (χ3n) is 24.8. The Morgan fingerprint density at radius 2 is 0.417 bits per heavy atom. The number of hydrogen-bond acceptors (Lipinski definition) is 12. The fraction of sp³-hybridized carbons (Fsp3) is 0. The first kappa shape index (κ1) is 77.4. The molecule has 0 unspecified atom stereocenters. The fourth-order valence-corrected chi connectivity index (χ4v) is 22.5. The van der Waals surface area contributed by atoms with Crippen molar-refractivity contribution in [2.45, 2.75) is 0 Å². The van der Waals surface area contributed by atoms with Crippen LogP contribution in [0.4, 0.5) is 0 Å². The van der Waals surface area contributed by atoms with Crippen molar-refractivity contribution in [2.24, 2.45) is 0 Å². The van der Waals surface area contributed by atoms with Crippen LogP contribution in [-0.2, 0) is 0 Å². The average Bonchev–Trinajstić information content (AvgIpc) is 1.57. The molecule has 12 nitrogen and oxygen atoms in total. The number of para-hydroxylation sites is 4. The van der Waals surface area contributed by atoms with Crippen molar-refractivity contribution in [3.63, 3.8) is 0 Å². The van der Waals surface area contributed by atoms with Gasteiger partial charge in [-0.15, -0.1) is 34.0 Å². The molecule has 132 heavy (non-hydrogen) atoms. The Morgan fingerprint density at radius 3 is 0.795 bits per heavy atom. The highest BCUT2D eigenvalue weighted by Crippen LogP contribution is 2.49.